The zero-order valence-electron chi connectivity index (χ0n) is 15.4. The van der Waals surface area contributed by atoms with Gasteiger partial charge in [-0.25, -0.2) is 4.98 Å². The molecule has 0 radical (unpaired) electrons. The predicted molar refractivity (Wildman–Crippen MR) is 102 cm³/mol. The van der Waals surface area contributed by atoms with E-state index in [1.54, 1.807) is 23.6 Å². The molecular formula is C19H16F3N3O4S. The van der Waals surface area contributed by atoms with E-state index in [-0.39, 0.29) is 30.4 Å². The third-order valence-electron chi connectivity index (χ3n) is 3.65. The number of benzene rings is 1. The second-order valence-electron chi connectivity index (χ2n) is 6.08. The summed E-state index contributed by atoms with van der Waals surface area (Å²) in [6, 6.07) is 9.14. The summed E-state index contributed by atoms with van der Waals surface area (Å²) in [6.45, 7) is -1.26. The summed E-state index contributed by atoms with van der Waals surface area (Å²) >= 11 is 1.17. The largest absolute Gasteiger partial charge is 0.484 e. The van der Waals surface area contributed by atoms with Crippen molar-refractivity contribution in [3.63, 3.8) is 0 Å². The first-order valence-corrected chi connectivity index (χ1v) is 9.51. The van der Waals surface area contributed by atoms with E-state index in [1.165, 1.54) is 35.8 Å². The number of carbonyl (C=O) groups is 2. The number of halogens is 3. The summed E-state index contributed by atoms with van der Waals surface area (Å²) in [6.07, 6.45) is -3.06. The highest BCUT2D eigenvalue weighted by Crippen LogP contribution is 2.20. The lowest BCUT2D eigenvalue weighted by Gasteiger charge is -2.10. The summed E-state index contributed by atoms with van der Waals surface area (Å²) in [4.78, 5) is 28.2. The smallest absolute Gasteiger partial charge is 0.422 e. The van der Waals surface area contributed by atoms with Gasteiger partial charge in [-0.05, 0) is 29.8 Å². The van der Waals surface area contributed by atoms with Crippen LogP contribution in [-0.2, 0) is 17.8 Å². The first-order chi connectivity index (χ1) is 14.3. The Morgan fingerprint density at radius 3 is 2.77 bits per heavy atom. The maximum atomic E-state index is 12.2. The van der Waals surface area contributed by atoms with Crippen LogP contribution in [-0.4, -0.2) is 29.6 Å². The Balaban J connectivity index is 1.47. The quantitative estimate of drug-likeness (QED) is 0.557. The molecule has 0 fully saturated rings. The topological polar surface area (TPSA) is 93.5 Å². The molecule has 0 spiro atoms. The van der Waals surface area contributed by atoms with E-state index in [4.69, 9.17) is 4.42 Å². The van der Waals surface area contributed by atoms with E-state index in [1.807, 2.05) is 0 Å². The van der Waals surface area contributed by atoms with Gasteiger partial charge in [0.1, 0.15) is 5.75 Å². The standard InChI is InChI=1S/C19H16F3N3O4S/c20-19(21,22)11-29-14-4-1-3-12(7-14)9-23-16(26)8-13-10-30-18(24-13)25-17(27)15-5-2-6-28-15/h1-7,10H,8-9,11H2,(H,23,26)(H,24,25,27). The number of hydrogen-bond acceptors (Lipinski definition) is 6. The molecule has 3 aromatic rings. The summed E-state index contributed by atoms with van der Waals surface area (Å²) in [5, 5.41) is 7.21. The van der Waals surface area contributed by atoms with Crippen molar-refractivity contribution < 1.29 is 31.9 Å². The third kappa shape index (κ3) is 6.62. The Bertz CT molecular complexity index is 1000. The Morgan fingerprint density at radius 2 is 2.03 bits per heavy atom. The van der Waals surface area contributed by atoms with Crippen LogP contribution in [0, 0.1) is 0 Å². The number of amides is 2. The van der Waals surface area contributed by atoms with Crippen LogP contribution in [0.2, 0.25) is 0 Å². The van der Waals surface area contributed by atoms with Gasteiger partial charge in [0.2, 0.25) is 5.91 Å². The molecule has 0 aliphatic heterocycles. The number of aromatic nitrogens is 1. The van der Waals surface area contributed by atoms with Gasteiger partial charge in [0.25, 0.3) is 5.91 Å². The molecule has 11 heteroatoms. The van der Waals surface area contributed by atoms with E-state index >= 15 is 0 Å². The van der Waals surface area contributed by atoms with Crippen LogP contribution in [0.4, 0.5) is 18.3 Å². The fourth-order valence-corrected chi connectivity index (χ4v) is 3.06. The van der Waals surface area contributed by atoms with Crippen molar-refractivity contribution in [2.24, 2.45) is 0 Å². The van der Waals surface area contributed by atoms with Gasteiger partial charge in [-0.2, -0.15) is 13.2 Å². The lowest BCUT2D eigenvalue weighted by atomic mass is 10.2. The molecule has 1 aromatic carbocycles. The number of nitrogens with one attached hydrogen (secondary N) is 2. The number of ether oxygens (including phenoxy) is 1. The SMILES string of the molecule is O=C(Cc1csc(NC(=O)c2ccco2)n1)NCc1cccc(OCC(F)(F)F)c1. The van der Waals surface area contributed by atoms with E-state index in [0.29, 0.717) is 16.4 Å². The number of anilines is 1. The molecule has 0 saturated carbocycles. The molecule has 0 atom stereocenters. The molecule has 3 rings (SSSR count). The number of thiazole rings is 1. The van der Waals surface area contributed by atoms with Crippen LogP contribution in [0.15, 0.2) is 52.5 Å². The van der Waals surface area contributed by atoms with E-state index < -0.39 is 18.7 Å². The Kier molecular flexibility index (Phi) is 6.72. The van der Waals surface area contributed by atoms with Crippen LogP contribution in [0.1, 0.15) is 21.8 Å². The number of rotatable bonds is 8. The van der Waals surface area contributed by atoms with Gasteiger partial charge in [-0.15, -0.1) is 11.3 Å². The molecule has 2 heterocycles. The van der Waals surface area contributed by atoms with Crippen LogP contribution in [0.5, 0.6) is 5.75 Å². The number of hydrogen-bond donors (Lipinski definition) is 2. The van der Waals surface area contributed by atoms with E-state index in [0.717, 1.165) is 0 Å². The van der Waals surface area contributed by atoms with Gasteiger partial charge < -0.3 is 14.5 Å². The van der Waals surface area contributed by atoms with Crippen molar-refractivity contribution in [1.29, 1.82) is 0 Å². The van der Waals surface area contributed by atoms with Crippen LogP contribution in [0.25, 0.3) is 0 Å². The van der Waals surface area contributed by atoms with Gasteiger partial charge >= 0.3 is 6.18 Å². The number of furan rings is 1. The highest BCUT2D eigenvalue weighted by atomic mass is 32.1. The van der Waals surface area contributed by atoms with Gasteiger partial charge in [0.05, 0.1) is 18.4 Å². The molecule has 2 amide bonds. The second kappa shape index (κ2) is 9.44. The minimum Gasteiger partial charge on any atom is -0.484 e. The van der Waals surface area contributed by atoms with Crippen molar-refractivity contribution >= 4 is 28.3 Å². The van der Waals surface area contributed by atoms with Crippen LogP contribution < -0.4 is 15.4 Å². The van der Waals surface area contributed by atoms with Gasteiger partial charge in [-0.1, -0.05) is 12.1 Å². The zero-order chi connectivity index (χ0) is 21.6. The van der Waals surface area contributed by atoms with Crippen molar-refractivity contribution in [3.05, 3.63) is 65.1 Å². The Labute approximate surface area is 172 Å². The third-order valence-corrected chi connectivity index (χ3v) is 4.46. The summed E-state index contributed by atoms with van der Waals surface area (Å²) in [7, 11) is 0. The number of alkyl halides is 3. The van der Waals surface area contributed by atoms with E-state index in [2.05, 4.69) is 20.4 Å². The lowest BCUT2D eigenvalue weighted by Crippen LogP contribution is -2.24. The summed E-state index contributed by atoms with van der Waals surface area (Å²) in [5.74, 6) is -0.565. The molecule has 0 bridgehead atoms. The molecule has 0 saturated heterocycles. The normalized spacial score (nSPS) is 11.2. The average Bonchev–Trinajstić information content (AvgIpc) is 3.37. The van der Waals surface area contributed by atoms with E-state index in [9.17, 15) is 22.8 Å². The van der Waals surface area contributed by atoms with Crippen molar-refractivity contribution in [2.45, 2.75) is 19.1 Å². The molecule has 30 heavy (non-hydrogen) atoms. The number of carbonyl (C=O) groups excluding carboxylic acids is 2. The maximum Gasteiger partial charge on any atom is 0.422 e. The minimum atomic E-state index is -4.42. The first-order valence-electron chi connectivity index (χ1n) is 8.63. The molecule has 2 N–H and O–H groups in total. The number of nitrogens with zero attached hydrogens (tertiary/aromatic N) is 1. The Morgan fingerprint density at radius 1 is 1.20 bits per heavy atom. The van der Waals surface area contributed by atoms with Crippen molar-refractivity contribution in [2.75, 3.05) is 11.9 Å². The minimum absolute atomic E-state index is 0.0165. The predicted octanol–water partition coefficient (Wildman–Crippen LogP) is 3.79. The van der Waals surface area contributed by atoms with Crippen molar-refractivity contribution in [1.82, 2.24) is 10.3 Å². The molecule has 158 valence electrons. The van der Waals surface area contributed by atoms with Gasteiger partial charge in [-0.3, -0.25) is 14.9 Å². The summed E-state index contributed by atoms with van der Waals surface area (Å²) < 4.78 is 46.4. The lowest BCUT2D eigenvalue weighted by molar-refractivity contribution is -0.153. The van der Waals surface area contributed by atoms with Gasteiger partial charge in [0.15, 0.2) is 17.5 Å². The fourth-order valence-electron chi connectivity index (χ4n) is 2.35. The van der Waals surface area contributed by atoms with Crippen LogP contribution in [0.3, 0.4) is 0 Å². The first kappa shape index (κ1) is 21.4. The maximum absolute atomic E-state index is 12.2. The van der Waals surface area contributed by atoms with Crippen molar-refractivity contribution in [3.8, 4) is 5.75 Å². The average molecular weight is 439 g/mol. The second-order valence-corrected chi connectivity index (χ2v) is 6.94. The Hall–Kier alpha value is -3.34. The highest BCUT2D eigenvalue weighted by Gasteiger charge is 2.28. The monoisotopic (exact) mass is 439 g/mol. The summed E-state index contributed by atoms with van der Waals surface area (Å²) in [5.41, 5.74) is 1.06. The molecule has 0 aliphatic carbocycles. The molecule has 7 nitrogen and oxygen atoms in total. The molecule has 0 aliphatic rings. The molecular weight excluding hydrogens is 423 g/mol. The van der Waals surface area contributed by atoms with Crippen LogP contribution >= 0.6 is 11.3 Å². The molecule has 2 aromatic heterocycles. The zero-order valence-corrected chi connectivity index (χ0v) is 16.2. The molecule has 0 unspecified atom stereocenters. The highest BCUT2D eigenvalue weighted by molar-refractivity contribution is 7.14. The fraction of sp³-hybridized carbons (Fsp3) is 0.211. The van der Waals surface area contributed by atoms with Gasteiger partial charge in [0, 0.05) is 11.9 Å².